The van der Waals surface area contributed by atoms with Crippen molar-refractivity contribution in [2.45, 2.75) is 31.1 Å². The third-order valence-corrected chi connectivity index (χ3v) is 4.99. The second kappa shape index (κ2) is 5.74. The number of ether oxygens (including phenoxy) is 2. The molecule has 0 saturated carbocycles. The van der Waals surface area contributed by atoms with Crippen LogP contribution in [0, 0.1) is 0 Å². The summed E-state index contributed by atoms with van der Waals surface area (Å²) in [6, 6.07) is 5.07. The standard InChI is InChI=1S/C15H17N3O6S/c1-15(2)23-10-5-4-9(6-11(10)24-15)7-17-25(21,22)12-8-16-18(3)13(12)14(19)20/h4-6,8,17H,7H2,1-3H3,(H,19,20). The third kappa shape index (κ3) is 3.30. The van der Waals surface area contributed by atoms with Gasteiger partial charge in [0.05, 0.1) is 6.20 Å². The normalized spacial score (nSPS) is 15.3. The number of carbonyl (C=O) groups is 1. The fourth-order valence-corrected chi connectivity index (χ4v) is 3.66. The van der Waals surface area contributed by atoms with E-state index in [0.717, 1.165) is 10.9 Å². The lowest BCUT2D eigenvalue weighted by atomic mass is 10.2. The number of nitrogens with zero attached hydrogens (tertiary/aromatic N) is 2. The molecule has 0 bridgehead atoms. The van der Waals surface area contributed by atoms with Gasteiger partial charge in [-0.2, -0.15) is 5.10 Å². The summed E-state index contributed by atoms with van der Waals surface area (Å²) in [5, 5.41) is 12.9. The van der Waals surface area contributed by atoms with Crippen molar-refractivity contribution in [3.63, 3.8) is 0 Å². The fraction of sp³-hybridized carbons (Fsp3) is 0.333. The summed E-state index contributed by atoms with van der Waals surface area (Å²) in [6.07, 6.45) is 1.01. The number of sulfonamides is 1. The molecule has 0 aliphatic carbocycles. The first-order chi connectivity index (χ1) is 11.6. The molecule has 1 aromatic carbocycles. The summed E-state index contributed by atoms with van der Waals surface area (Å²) in [5.74, 6) is -1.04. The third-order valence-electron chi connectivity index (χ3n) is 3.58. The summed E-state index contributed by atoms with van der Waals surface area (Å²) in [6.45, 7) is 3.50. The molecular weight excluding hydrogens is 350 g/mol. The number of aromatic carboxylic acids is 1. The summed E-state index contributed by atoms with van der Waals surface area (Å²) in [5.41, 5.74) is 0.240. The van der Waals surface area contributed by atoms with Crippen LogP contribution in [-0.4, -0.2) is 35.1 Å². The van der Waals surface area contributed by atoms with E-state index < -0.39 is 27.5 Å². The van der Waals surface area contributed by atoms with Crippen molar-refractivity contribution in [2.24, 2.45) is 7.05 Å². The van der Waals surface area contributed by atoms with Gasteiger partial charge in [0.15, 0.2) is 17.2 Å². The van der Waals surface area contributed by atoms with Crippen LogP contribution in [0.1, 0.15) is 29.9 Å². The number of benzene rings is 1. The van der Waals surface area contributed by atoms with Crippen molar-refractivity contribution in [1.29, 1.82) is 0 Å². The van der Waals surface area contributed by atoms with Gasteiger partial charge in [-0.05, 0) is 17.7 Å². The van der Waals surface area contributed by atoms with Gasteiger partial charge in [-0.25, -0.2) is 17.9 Å². The van der Waals surface area contributed by atoms with Crippen LogP contribution in [0.25, 0.3) is 0 Å². The minimum atomic E-state index is -4.04. The molecule has 0 fully saturated rings. The van der Waals surface area contributed by atoms with Gasteiger partial charge < -0.3 is 14.6 Å². The van der Waals surface area contributed by atoms with E-state index in [1.165, 1.54) is 7.05 Å². The second-order valence-electron chi connectivity index (χ2n) is 6.00. The van der Waals surface area contributed by atoms with E-state index in [1.54, 1.807) is 32.0 Å². The average Bonchev–Trinajstić information content (AvgIpc) is 3.03. The van der Waals surface area contributed by atoms with Crippen molar-refractivity contribution in [2.75, 3.05) is 0 Å². The van der Waals surface area contributed by atoms with Crippen LogP contribution in [0.2, 0.25) is 0 Å². The second-order valence-corrected chi connectivity index (χ2v) is 7.73. The van der Waals surface area contributed by atoms with Crippen molar-refractivity contribution in [3.8, 4) is 11.5 Å². The number of hydrogen-bond acceptors (Lipinski definition) is 6. The summed E-state index contributed by atoms with van der Waals surface area (Å²) < 4.78 is 39.4. The molecule has 0 spiro atoms. The molecular formula is C15H17N3O6S. The number of nitrogens with one attached hydrogen (secondary N) is 1. The number of fused-ring (bicyclic) bond motifs is 1. The van der Waals surface area contributed by atoms with E-state index in [1.807, 2.05) is 0 Å². The quantitative estimate of drug-likeness (QED) is 0.812. The Kier molecular flexibility index (Phi) is 3.96. The number of carboxylic acids is 1. The van der Waals surface area contributed by atoms with Crippen LogP contribution < -0.4 is 14.2 Å². The van der Waals surface area contributed by atoms with E-state index in [2.05, 4.69) is 9.82 Å². The maximum Gasteiger partial charge on any atom is 0.355 e. The molecule has 3 rings (SSSR count). The van der Waals surface area contributed by atoms with Gasteiger partial charge >= 0.3 is 5.97 Å². The number of hydrogen-bond donors (Lipinski definition) is 2. The molecule has 0 atom stereocenters. The molecule has 1 aliphatic heterocycles. The zero-order chi connectivity index (χ0) is 18.4. The highest BCUT2D eigenvalue weighted by Crippen LogP contribution is 2.39. The molecule has 134 valence electrons. The van der Waals surface area contributed by atoms with Crippen LogP contribution in [0.3, 0.4) is 0 Å². The fourth-order valence-electron chi connectivity index (χ4n) is 2.49. The first-order valence-corrected chi connectivity index (χ1v) is 8.83. The zero-order valence-electron chi connectivity index (χ0n) is 13.8. The Labute approximate surface area is 144 Å². The zero-order valence-corrected chi connectivity index (χ0v) is 14.6. The number of rotatable bonds is 5. The van der Waals surface area contributed by atoms with E-state index in [-0.39, 0.29) is 11.4 Å². The van der Waals surface area contributed by atoms with Gasteiger partial charge in [0.1, 0.15) is 4.90 Å². The van der Waals surface area contributed by atoms with Crippen LogP contribution in [0.4, 0.5) is 0 Å². The van der Waals surface area contributed by atoms with Crippen molar-refractivity contribution in [3.05, 3.63) is 35.7 Å². The predicted molar refractivity (Wildman–Crippen MR) is 86.0 cm³/mol. The van der Waals surface area contributed by atoms with Crippen LogP contribution in [0.5, 0.6) is 11.5 Å². The SMILES string of the molecule is Cn1ncc(S(=O)(=O)NCc2ccc3c(c2)OC(C)(C)O3)c1C(=O)O. The topological polar surface area (TPSA) is 120 Å². The lowest BCUT2D eigenvalue weighted by Crippen LogP contribution is -2.29. The van der Waals surface area contributed by atoms with Crippen molar-refractivity contribution >= 4 is 16.0 Å². The molecule has 1 aromatic heterocycles. The Morgan fingerprint density at radius 1 is 1.32 bits per heavy atom. The van der Waals surface area contributed by atoms with E-state index in [4.69, 9.17) is 14.6 Å². The van der Waals surface area contributed by atoms with Gasteiger partial charge in [0, 0.05) is 27.4 Å². The highest BCUT2D eigenvalue weighted by atomic mass is 32.2. The highest BCUT2D eigenvalue weighted by molar-refractivity contribution is 7.89. The molecule has 2 heterocycles. The van der Waals surface area contributed by atoms with Gasteiger partial charge in [0.2, 0.25) is 15.8 Å². The van der Waals surface area contributed by atoms with Gasteiger partial charge in [-0.3, -0.25) is 4.68 Å². The molecule has 0 unspecified atom stereocenters. The Morgan fingerprint density at radius 3 is 2.68 bits per heavy atom. The minimum absolute atomic E-state index is 0.0344. The molecule has 10 heteroatoms. The molecule has 0 radical (unpaired) electrons. The molecule has 2 aromatic rings. The highest BCUT2D eigenvalue weighted by Gasteiger charge is 2.32. The first-order valence-electron chi connectivity index (χ1n) is 7.35. The summed E-state index contributed by atoms with van der Waals surface area (Å²) >= 11 is 0. The monoisotopic (exact) mass is 367 g/mol. The van der Waals surface area contributed by atoms with Gasteiger partial charge in [-0.15, -0.1) is 0 Å². The molecule has 0 amide bonds. The number of carboxylic acid groups (broad SMARTS) is 1. The molecule has 1 aliphatic rings. The van der Waals surface area contributed by atoms with Crippen molar-refractivity contribution in [1.82, 2.24) is 14.5 Å². The van der Waals surface area contributed by atoms with Crippen molar-refractivity contribution < 1.29 is 27.8 Å². The average molecular weight is 367 g/mol. The molecule has 9 nitrogen and oxygen atoms in total. The largest absolute Gasteiger partial charge is 0.476 e. The maximum absolute atomic E-state index is 12.4. The minimum Gasteiger partial charge on any atom is -0.476 e. The predicted octanol–water partition coefficient (Wildman–Crippen LogP) is 1.10. The van der Waals surface area contributed by atoms with Gasteiger partial charge in [-0.1, -0.05) is 6.07 Å². The molecule has 2 N–H and O–H groups in total. The first kappa shape index (κ1) is 17.2. The molecule has 0 saturated heterocycles. The van der Waals surface area contributed by atoms with E-state index in [9.17, 15) is 13.2 Å². The lowest BCUT2D eigenvalue weighted by molar-refractivity contribution is -0.0431. The Hall–Kier alpha value is -2.59. The number of aryl methyl sites for hydroxylation is 1. The smallest absolute Gasteiger partial charge is 0.355 e. The van der Waals surface area contributed by atoms with Crippen LogP contribution in [0.15, 0.2) is 29.3 Å². The van der Waals surface area contributed by atoms with E-state index in [0.29, 0.717) is 17.1 Å². The Balaban J connectivity index is 1.79. The lowest BCUT2D eigenvalue weighted by Gasteiger charge is -2.16. The van der Waals surface area contributed by atoms with Crippen LogP contribution in [-0.2, 0) is 23.6 Å². The van der Waals surface area contributed by atoms with Crippen LogP contribution >= 0.6 is 0 Å². The van der Waals surface area contributed by atoms with Gasteiger partial charge in [0.25, 0.3) is 0 Å². The summed E-state index contributed by atoms with van der Waals surface area (Å²) in [4.78, 5) is 10.8. The number of aromatic nitrogens is 2. The maximum atomic E-state index is 12.4. The Morgan fingerprint density at radius 2 is 2.00 bits per heavy atom. The molecule has 25 heavy (non-hydrogen) atoms. The Bertz CT molecular complexity index is 948. The summed E-state index contributed by atoms with van der Waals surface area (Å²) in [7, 11) is -2.67. The van der Waals surface area contributed by atoms with E-state index >= 15 is 0 Å².